The molecule has 0 unspecified atom stereocenters. The number of carbonyl (C=O) groups is 1. The van der Waals surface area contributed by atoms with Gasteiger partial charge in [0.25, 0.3) is 5.91 Å². The van der Waals surface area contributed by atoms with E-state index in [1.165, 1.54) is 13.1 Å². The number of ether oxygens (including phenoxy) is 1. The maximum atomic E-state index is 13.4. The van der Waals surface area contributed by atoms with E-state index in [0.717, 1.165) is 12.1 Å². The van der Waals surface area contributed by atoms with Gasteiger partial charge in [0.05, 0.1) is 11.9 Å². The Morgan fingerprint density at radius 2 is 2.15 bits per heavy atom. The molecule has 0 spiro atoms. The van der Waals surface area contributed by atoms with Gasteiger partial charge in [-0.15, -0.1) is 0 Å². The third kappa shape index (κ3) is 3.50. The monoisotopic (exact) mass is 278 g/mol. The minimum atomic E-state index is -0.935. The Bertz CT molecular complexity index is 605. The summed E-state index contributed by atoms with van der Waals surface area (Å²) in [6.07, 6.45) is 2.11. The minimum Gasteiger partial charge on any atom is -0.478 e. The number of aromatic nitrogens is 1. The number of carbonyl (C=O) groups excluding carboxylic acids is 1. The van der Waals surface area contributed by atoms with Gasteiger partial charge < -0.3 is 10.1 Å². The summed E-state index contributed by atoms with van der Waals surface area (Å²) in [5, 5.41) is 2.57. The van der Waals surface area contributed by atoms with Crippen LogP contribution in [0.2, 0.25) is 0 Å². The molecule has 4 nitrogen and oxygen atoms in total. The SMILES string of the molecule is C[C@H](Oc1ccc(F)cc1F)C(=O)Nc1cccnc1. The van der Waals surface area contributed by atoms with Gasteiger partial charge in [-0.05, 0) is 31.2 Å². The van der Waals surface area contributed by atoms with Gasteiger partial charge in [-0.2, -0.15) is 0 Å². The van der Waals surface area contributed by atoms with Crippen molar-refractivity contribution in [3.8, 4) is 5.75 Å². The lowest BCUT2D eigenvalue weighted by atomic mass is 10.3. The highest BCUT2D eigenvalue weighted by Gasteiger charge is 2.17. The molecule has 2 aromatic rings. The van der Waals surface area contributed by atoms with Crippen LogP contribution in [0.3, 0.4) is 0 Å². The van der Waals surface area contributed by atoms with Gasteiger partial charge >= 0.3 is 0 Å². The van der Waals surface area contributed by atoms with Gasteiger partial charge in [0.2, 0.25) is 0 Å². The van der Waals surface area contributed by atoms with Gasteiger partial charge in [-0.1, -0.05) is 0 Å². The molecule has 1 amide bonds. The van der Waals surface area contributed by atoms with E-state index in [4.69, 9.17) is 4.74 Å². The Morgan fingerprint density at radius 1 is 1.35 bits per heavy atom. The Kier molecular flexibility index (Phi) is 4.24. The summed E-state index contributed by atoms with van der Waals surface area (Å²) < 4.78 is 31.3. The third-order valence-corrected chi connectivity index (χ3v) is 2.50. The highest BCUT2D eigenvalue weighted by Crippen LogP contribution is 2.19. The first-order chi connectivity index (χ1) is 9.56. The summed E-state index contributed by atoms with van der Waals surface area (Å²) in [6.45, 7) is 1.47. The van der Waals surface area contributed by atoms with Crippen LogP contribution in [-0.4, -0.2) is 17.0 Å². The fourth-order valence-electron chi connectivity index (χ4n) is 1.50. The summed E-state index contributed by atoms with van der Waals surface area (Å²) in [4.78, 5) is 15.7. The fraction of sp³-hybridized carbons (Fsp3) is 0.143. The van der Waals surface area contributed by atoms with Crippen LogP contribution in [0.1, 0.15) is 6.92 Å². The average molecular weight is 278 g/mol. The second-order valence-electron chi connectivity index (χ2n) is 4.07. The maximum Gasteiger partial charge on any atom is 0.265 e. The van der Waals surface area contributed by atoms with E-state index in [-0.39, 0.29) is 5.75 Å². The van der Waals surface area contributed by atoms with Crippen molar-refractivity contribution >= 4 is 11.6 Å². The molecule has 1 heterocycles. The van der Waals surface area contributed by atoms with Gasteiger partial charge in [0, 0.05) is 12.3 Å². The number of pyridine rings is 1. The first-order valence-electron chi connectivity index (χ1n) is 5.89. The van der Waals surface area contributed by atoms with Gasteiger partial charge in [0.1, 0.15) is 5.82 Å². The second-order valence-corrected chi connectivity index (χ2v) is 4.07. The van der Waals surface area contributed by atoms with Crippen molar-refractivity contribution in [1.29, 1.82) is 0 Å². The molecule has 1 aromatic heterocycles. The number of hydrogen-bond donors (Lipinski definition) is 1. The molecule has 0 saturated carbocycles. The molecule has 0 aliphatic heterocycles. The van der Waals surface area contributed by atoms with Crippen LogP contribution in [0.5, 0.6) is 5.75 Å². The van der Waals surface area contributed by atoms with E-state index < -0.39 is 23.6 Å². The third-order valence-electron chi connectivity index (χ3n) is 2.50. The molecule has 0 aliphatic rings. The molecule has 1 aromatic carbocycles. The van der Waals surface area contributed by atoms with Gasteiger partial charge in [-0.3, -0.25) is 9.78 Å². The van der Waals surface area contributed by atoms with E-state index in [0.29, 0.717) is 11.8 Å². The lowest BCUT2D eigenvalue weighted by molar-refractivity contribution is -0.122. The van der Waals surface area contributed by atoms with Crippen molar-refractivity contribution < 1.29 is 18.3 Å². The molecular weight excluding hydrogens is 266 g/mol. The standard InChI is InChI=1S/C14H12F2N2O2/c1-9(14(19)18-11-3-2-6-17-8-11)20-13-5-4-10(15)7-12(13)16/h2-9H,1H3,(H,18,19)/t9-/m0/s1. The Labute approximate surface area is 114 Å². The van der Waals surface area contributed by atoms with Crippen molar-refractivity contribution in [3.05, 3.63) is 54.4 Å². The van der Waals surface area contributed by atoms with Crippen LogP contribution in [0, 0.1) is 11.6 Å². The van der Waals surface area contributed by atoms with Crippen molar-refractivity contribution in [3.63, 3.8) is 0 Å². The molecule has 1 N–H and O–H groups in total. The molecule has 104 valence electrons. The molecule has 6 heteroatoms. The Morgan fingerprint density at radius 3 is 2.80 bits per heavy atom. The summed E-state index contributed by atoms with van der Waals surface area (Å²) >= 11 is 0. The number of nitrogens with one attached hydrogen (secondary N) is 1. The topological polar surface area (TPSA) is 51.2 Å². The van der Waals surface area contributed by atoms with E-state index in [1.54, 1.807) is 18.3 Å². The second kappa shape index (κ2) is 6.10. The normalized spacial score (nSPS) is 11.8. The number of amides is 1. The highest BCUT2D eigenvalue weighted by molar-refractivity contribution is 5.93. The van der Waals surface area contributed by atoms with Crippen molar-refractivity contribution in [2.45, 2.75) is 13.0 Å². The zero-order valence-corrected chi connectivity index (χ0v) is 10.6. The molecule has 0 saturated heterocycles. The smallest absolute Gasteiger partial charge is 0.265 e. The maximum absolute atomic E-state index is 13.4. The van der Waals surface area contributed by atoms with Crippen LogP contribution >= 0.6 is 0 Å². The summed E-state index contributed by atoms with van der Waals surface area (Å²) in [5.74, 6) is -2.20. The fourth-order valence-corrected chi connectivity index (χ4v) is 1.50. The number of rotatable bonds is 4. The zero-order valence-electron chi connectivity index (χ0n) is 10.6. The Balaban J connectivity index is 2.00. The summed E-state index contributed by atoms with van der Waals surface area (Å²) in [6, 6.07) is 6.22. The predicted molar refractivity (Wildman–Crippen MR) is 69.3 cm³/mol. The molecular formula is C14H12F2N2O2. The van der Waals surface area contributed by atoms with E-state index in [9.17, 15) is 13.6 Å². The van der Waals surface area contributed by atoms with Crippen molar-refractivity contribution in [2.75, 3.05) is 5.32 Å². The van der Waals surface area contributed by atoms with Crippen LogP contribution in [0.15, 0.2) is 42.7 Å². The lowest BCUT2D eigenvalue weighted by Crippen LogP contribution is -2.30. The highest BCUT2D eigenvalue weighted by atomic mass is 19.1. The molecule has 0 aliphatic carbocycles. The predicted octanol–water partition coefficient (Wildman–Crippen LogP) is 2.77. The van der Waals surface area contributed by atoms with E-state index >= 15 is 0 Å². The summed E-state index contributed by atoms with van der Waals surface area (Å²) in [5.41, 5.74) is 0.507. The molecule has 20 heavy (non-hydrogen) atoms. The largest absolute Gasteiger partial charge is 0.478 e. The Hall–Kier alpha value is -2.50. The molecule has 0 bridgehead atoms. The first kappa shape index (κ1) is 13.9. The molecule has 1 atom stereocenters. The number of hydrogen-bond acceptors (Lipinski definition) is 3. The molecule has 0 fully saturated rings. The first-order valence-corrected chi connectivity index (χ1v) is 5.89. The average Bonchev–Trinajstić information content (AvgIpc) is 2.43. The number of anilines is 1. The summed E-state index contributed by atoms with van der Waals surface area (Å²) in [7, 11) is 0. The number of nitrogens with zero attached hydrogens (tertiary/aromatic N) is 1. The quantitative estimate of drug-likeness (QED) is 0.935. The zero-order chi connectivity index (χ0) is 14.5. The van der Waals surface area contributed by atoms with Gasteiger partial charge in [0.15, 0.2) is 17.7 Å². The molecule has 0 radical (unpaired) electrons. The van der Waals surface area contributed by atoms with Crippen LogP contribution in [-0.2, 0) is 4.79 Å². The van der Waals surface area contributed by atoms with Crippen LogP contribution in [0.25, 0.3) is 0 Å². The number of halogens is 2. The van der Waals surface area contributed by atoms with Crippen molar-refractivity contribution in [1.82, 2.24) is 4.98 Å². The number of benzene rings is 1. The molecule has 2 rings (SSSR count). The van der Waals surface area contributed by atoms with E-state index in [2.05, 4.69) is 10.3 Å². The lowest BCUT2D eigenvalue weighted by Gasteiger charge is -2.15. The van der Waals surface area contributed by atoms with E-state index in [1.807, 2.05) is 0 Å². The van der Waals surface area contributed by atoms with Crippen LogP contribution < -0.4 is 10.1 Å². The van der Waals surface area contributed by atoms with Crippen molar-refractivity contribution in [2.24, 2.45) is 0 Å². The van der Waals surface area contributed by atoms with Crippen LogP contribution in [0.4, 0.5) is 14.5 Å². The minimum absolute atomic E-state index is 0.180. The van der Waals surface area contributed by atoms with Gasteiger partial charge in [-0.25, -0.2) is 8.78 Å².